The zero-order valence-electron chi connectivity index (χ0n) is 14.0. The van der Waals surface area contributed by atoms with Crippen LogP contribution >= 0.6 is 0 Å². The van der Waals surface area contributed by atoms with Crippen molar-refractivity contribution >= 4 is 10.0 Å². The van der Waals surface area contributed by atoms with E-state index in [2.05, 4.69) is 4.90 Å². The third-order valence-electron chi connectivity index (χ3n) is 4.60. The summed E-state index contributed by atoms with van der Waals surface area (Å²) >= 11 is 0. The van der Waals surface area contributed by atoms with Crippen molar-refractivity contribution in [1.29, 1.82) is 0 Å². The molecule has 0 amide bonds. The van der Waals surface area contributed by atoms with Crippen LogP contribution in [0.5, 0.6) is 0 Å². The number of ether oxygens (including phenoxy) is 1. The second-order valence-electron chi connectivity index (χ2n) is 6.60. The van der Waals surface area contributed by atoms with Crippen molar-refractivity contribution in [3.63, 3.8) is 0 Å². The molecule has 0 N–H and O–H groups in total. The third-order valence-corrected chi connectivity index (χ3v) is 6.50. The summed E-state index contributed by atoms with van der Waals surface area (Å²) in [5.41, 5.74) is -1.36. The molecule has 0 unspecified atom stereocenters. The Bertz CT molecular complexity index is 859. The van der Waals surface area contributed by atoms with Crippen molar-refractivity contribution in [3.8, 4) is 0 Å². The standard InChI is InChI=1S/C14H22N4O5S/c1-15-4-10-5-18(11(6-15)9-23-8-10)24(21,22)12-7-16(2)14(20)17(3)13(12)19/h7,10-11H,4-6,8-9H2,1-3H3/t10-,11-/m0/s1. The first-order chi connectivity index (χ1) is 11.2. The highest BCUT2D eigenvalue weighted by molar-refractivity contribution is 7.89. The molecule has 0 radical (unpaired) electrons. The van der Waals surface area contributed by atoms with E-state index in [0.29, 0.717) is 26.3 Å². The number of likely N-dealkylation sites (N-methyl/N-ethyl adjacent to an activating group) is 1. The minimum atomic E-state index is -4.02. The molecule has 3 heterocycles. The first kappa shape index (κ1) is 17.3. The number of rotatable bonds is 2. The van der Waals surface area contributed by atoms with Gasteiger partial charge in [-0.1, -0.05) is 0 Å². The molecule has 9 nitrogen and oxygen atoms in total. The maximum absolute atomic E-state index is 13.1. The van der Waals surface area contributed by atoms with E-state index in [9.17, 15) is 18.0 Å². The lowest BCUT2D eigenvalue weighted by molar-refractivity contribution is 0.0659. The average molecular weight is 358 g/mol. The average Bonchev–Trinajstić information content (AvgIpc) is 2.79. The van der Waals surface area contributed by atoms with Gasteiger partial charge in [-0.15, -0.1) is 0 Å². The summed E-state index contributed by atoms with van der Waals surface area (Å²) < 4.78 is 35.2. The highest BCUT2D eigenvalue weighted by Gasteiger charge is 2.40. The van der Waals surface area contributed by atoms with Gasteiger partial charge in [-0.25, -0.2) is 13.2 Å². The smallest absolute Gasteiger partial charge is 0.330 e. The van der Waals surface area contributed by atoms with E-state index in [-0.39, 0.29) is 16.9 Å². The fourth-order valence-electron chi connectivity index (χ4n) is 3.41. The first-order valence-electron chi connectivity index (χ1n) is 7.76. The lowest BCUT2D eigenvalue weighted by atomic mass is 10.1. The van der Waals surface area contributed by atoms with Gasteiger partial charge in [0.2, 0.25) is 10.0 Å². The fourth-order valence-corrected chi connectivity index (χ4v) is 5.24. The van der Waals surface area contributed by atoms with Gasteiger partial charge in [0.15, 0.2) is 4.90 Å². The van der Waals surface area contributed by atoms with Gasteiger partial charge >= 0.3 is 5.69 Å². The Labute approximate surface area is 140 Å². The lowest BCUT2D eigenvalue weighted by Crippen LogP contribution is -2.48. The topological polar surface area (TPSA) is 93.8 Å². The van der Waals surface area contributed by atoms with Crippen LogP contribution in [0.25, 0.3) is 0 Å². The summed E-state index contributed by atoms with van der Waals surface area (Å²) in [6, 6.07) is -0.352. The van der Waals surface area contributed by atoms with Crippen LogP contribution in [0.4, 0.5) is 0 Å². The zero-order chi connectivity index (χ0) is 17.6. The number of hydrogen-bond donors (Lipinski definition) is 0. The molecule has 24 heavy (non-hydrogen) atoms. The maximum atomic E-state index is 13.1. The minimum absolute atomic E-state index is 0.0497. The monoisotopic (exact) mass is 358 g/mol. The molecule has 0 aromatic carbocycles. The molecule has 2 atom stereocenters. The van der Waals surface area contributed by atoms with E-state index in [4.69, 9.17) is 4.74 Å². The minimum Gasteiger partial charge on any atom is -0.379 e. The van der Waals surface area contributed by atoms with Crippen molar-refractivity contribution in [2.75, 3.05) is 39.9 Å². The number of nitrogens with zero attached hydrogens (tertiary/aromatic N) is 4. The van der Waals surface area contributed by atoms with Gasteiger partial charge in [0.05, 0.1) is 19.3 Å². The quantitative estimate of drug-likeness (QED) is 0.609. The molecule has 10 heteroatoms. The van der Waals surface area contributed by atoms with Gasteiger partial charge in [-0.05, 0) is 7.05 Å². The molecule has 134 valence electrons. The van der Waals surface area contributed by atoms with Crippen molar-refractivity contribution < 1.29 is 13.2 Å². The van der Waals surface area contributed by atoms with Gasteiger partial charge in [0.25, 0.3) is 5.56 Å². The Morgan fingerprint density at radius 1 is 1.08 bits per heavy atom. The molecule has 2 saturated heterocycles. The molecule has 3 rings (SSSR count). The molecule has 1 aromatic heterocycles. The highest BCUT2D eigenvalue weighted by atomic mass is 32.2. The van der Waals surface area contributed by atoms with Crippen molar-refractivity contribution in [2.24, 2.45) is 20.0 Å². The van der Waals surface area contributed by atoms with Crippen LogP contribution in [0.3, 0.4) is 0 Å². The molecular weight excluding hydrogens is 336 g/mol. The normalized spacial score (nSPS) is 26.3. The summed E-state index contributed by atoms with van der Waals surface area (Å²) in [5.74, 6) is 0.0497. The van der Waals surface area contributed by atoms with Crippen molar-refractivity contribution in [1.82, 2.24) is 18.3 Å². The summed E-state index contributed by atoms with van der Waals surface area (Å²) in [6.07, 6.45) is 1.11. The van der Waals surface area contributed by atoms with E-state index < -0.39 is 21.3 Å². The maximum Gasteiger partial charge on any atom is 0.330 e. The molecule has 0 aliphatic carbocycles. The van der Waals surface area contributed by atoms with Crippen molar-refractivity contribution in [2.45, 2.75) is 10.9 Å². The van der Waals surface area contributed by atoms with Gasteiger partial charge in [-0.3, -0.25) is 9.36 Å². The first-order valence-corrected chi connectivity index (χ1v) is 9.20. The number of sulfonamides is 1. The van der Waals surface area contributed by atoms with Gasteiger partial charge in [-0.2, -0.15) is 4.31 Å². The van der Waals surface area contributed by atoms with Crippen LogP contribution in [0.15, 0.2) is 20.7 Å². The fraction of sp³-hybridized carbons (Fsp3) is 0.714. The summed E-state index contributed by atoms with van der Waals surface area (Å²) in [7, 11) is 0.637. The number of hydrogen-bond acceptors (Lipinski definition) is 6. The van der Waals surface area contributed by atoms with E-state index >= 15 is 0 Å². The molecule has 2 fully saturated rings. The Morgan fingerprint density at radius 3 is 2.50 bits per heavy atom. The van der Waals surface area contributed by atoms with Crippen LogP contribution in [0, 0.1) is 5.92 Å². The van der Waals surface area contributed by atoms with E-state index in [1.807, 2.05) is 7.05 Å². The van der Waals surface area contributed by atoms with Gasteiger partial charge in [0.1, 0.15) is 0 Å². The van der Waals surface area contributed by atoms with E-state index in [1.165, 1.54) is 18.4 Å². The van der Waals surface area contributed by atoms with Crippen LogP contribution in [-0.2, 0) is 28.9 Å². The van der Waals surface area contributed by atoms with Crippen LogP contribution < -0.4 is 11.2 Å². The molecule has 0 saturated carbocycles. The van der Waals surface area contributed by atoms with Gasteiger partial charge < -0.3 is 14.2 Å². The van der Waals surface area contributed by atoms with Crippen LogP contribution in [0.2, 0.25) is 0 Å². The Morgan fingerprint density at radius 2 is 1.79 bits per heavy atom. The zero-order valence-corrected chi connectivity index (χ0v) is 14.8. The predicted molar refractivity (Wildman–Crippen MR) is 86.4 cm³/mol. The Balaban J connectivity index is 2.11. The molecule has 1 aromatic rings. The third kappa shape index (κ3) is 2.83. The molecule has 0 spiro atoms. The Kier molecular flexibility index (Phi) is 4.41. The Hall–Kier alpha value is -1.49. The highest BCUT2D eigenvalue weighted by Crippen LogP contribution is 2.24. The van der Waals surface area contributed by atoms with E-state index in [0.717, 1.165) is 21.9 Å². The lowest BCUT2D eigenvalue weighted by Gasteiger charge is -2.28. The molecule has 2 aliphatic rings. The second kappa shape index (κ2) is 6.10. The number of aromatic nitrogens is 2. The number of aryl methyl sites for hydroxylation is 1. The molecule has 2 aliphatic heterocycles. The second-order valence-corrected chi connectivity index (χ2v) is 8.46. The van der Waals surface area contributed by atoms with Crippen molar-refractivity contribution in [3.05, 3.63) is 27.0 Å². The number of fused-ring (bicyclic) bond motifs is 3. The van der Waals surface area contributed by atoms with Gasteiger partial charge in [0, 0.05) is 45.8 Å². The molecular formula is C14H22N4O5S. The van der Waals surface area contributed by atoms with Crippen LogP contribution in [-0.4, -0.2) is 72.7 Å². The summed E-state index contributed by atoms with van der Waals surface area (Å²) in [5, 5.41) is 0. The van der Waals surface area contributed by atoms with E-state index in [1.54, 1.807) is 0 Å². The summed E-state index contributed by atoms with van der Waals surface area (Å²) in [6.45, 7) is 2.39. The predicted octanol–water partition coefficient (Wildman–Crippen LogP) is -1.96. The summed E-state index contributed by atoms with van der Waals surface area (Å²) in [4.78, 5) is 25.9. The van der Waals surface area contributed by atoms with Crippen LogP contribution in [0.1, 0.15) is 0 Å². The SMILES string of the molecule is CN1C[C@@H]2COC[C@H](C1)N(S(=O)(=O)c1cn(C)c(=O)n(C)c1=O)C2. The molecule has 2 bridgehead atoms. The largest absolute Gasteiger partial charge is 0.379 e.